The third-order valence-electron chi connectivity index (χ3n) is 3.90. The molecule has 0 aromatic heterocycles. The van der Waals surface area contributed by atoms with E-state index in [0.717, 1.165) is 18.9 Å². The Kier molecular flexibility index (Phi) is 4.32. The molecule has 0 aliphatic heterocycles. The van der Waals surface area contributed by atoms with Gasteiger partial charge in [-0.1, -0.05) is 19.8 Å². The molecule has 0 radical (unpaired) electrons. The summed E-state index contributed by atoms with van der Waals surface area (Å²) in [5.74, 6) is -4.41. The molecule has 0 spiro atoms. The van der Waals surface area contributed by atoms with Gasteiger partial charge in [-0.3, -0.25) is 0 Å². The van der Waals surface area contributed by atoms with E-state index in [4.69, 9.17) is 5.11 Å². The molecular weight excluding hydrogens is 302 g/mol. The predicted octanol–water partition coefficient (Wildman–Crippen LogP) is 3.02. The van der Waals surface area contributed by atoms with Gasteiger partial charge in [-0.15, -0.1) is 0 Å². The number of carboxylic acid groups (broad SMARTS) is 1. The molecule has 1 fully saturated rings. The fraction of sp³-hybridized carbons (Fsp3) is 0.500. The molecule has 0 bridgehead atoms. The molecule has 1 N–H and O–H groups in total. The van der Waals surface area contributed by atoms with Crippen molar-refractivity contribution in [2.45, 2.75) is 42.8 Å². The normalized spacial score (nSPS) is 23.0. The second-order valence-corrected chi connectivity index (χ2v) is 7.67. The van der Waals surface area contributed by atoms with Crippen LogP contribution in [0.4, 0.5) is 8.78 Å². The number of rotatable bonds is 3. The molecule has 1 aromatic carbocycles. The molecule has 1 aliphatic carbocycles. The van der Waals surface area contributed by atoms with Crippen molar-refractivity contribution >= 4 is 15.8 Å². The van der Waals surface area contributed by atoms with E-state index in [1.807, 2.05) is 6.92 Å². The Bertz CT molecular complexity index is 670. The minimum Gasteiger partial charge on any atom is -0.477 e. The minimum atomic E-state index is -4.00. The number of carbonyl (C=O) groups is 1. The molecule has 2 unspecified atom stereocenters. The number of halogens is 2. The lowest BCUT2D eigenvalue weighted by Gasteiger charge is -2.26. The summed E-state index contributed by atoms with van der Waals surface area (Å²) in [6.07, 6.45) is 2.45. The van der Waals surface area contributed by atoms with Crippen LogP contribution in [0.5, 0.6) is 0 Å². The Morgan fingerprint density at radius 1 is 1.29 bits per heavy atom. The molecule has 1 saturated carbocycles. The summed E-state index contributed by atoms with van der Waals surface area (Å²) in [6, 6.07) is 1.50. The van der Waals surface area contributed by atoms with Crippen LogP contribution in [-0.2, 0) is 9.84 Å². The zero-order valence-corrected chi connectivity index (χ0v) is 12.3. The van der Waals surface area contributed by atoms with Gasteiger partial charge in [0.05, 0.1) is 5.25 Å². The van der Waals surface area contributed by atoms with Crippen LogP contribution in [0.25, 0.3) is 0 Å². The van der Waals surface area contributed by atoms with E-state index < -0.39 is 43.1 Å². The van der Waals surface area contributed by atoms with Gasteiger partial charge in [0.25, 0.3) is 0 Å². The highest BCUT2D eigenvalue weighted by Crippen LogP contribution is 2.33. The number of benzene rings is 1. The summed E-state index contributed by atoms with van der Waals surface area (Å²) in [6.45, 7) is 1.92. The van der Waals surface area contributed by atoms with Crippen LogP contribution in [0.2, 0.25) is 0 Å². The first kappa shape index (κ1) is 15.9. The molecule has 7 heteroatoms. The maximum Gasteiger partial charge on any atom is 0.341 e. The van der Waals surface area contributed by atoms with Crippen molar-refractivity contribution in [2.24, 2.45) is 5.92 Å². The van der Waals surface area contributed by atoms with Gasteiger partial charge in [0.1, 0.15) is 16.3 Å². The summed E-state index contributed by atoms with van der Waals surface area (Å²) in [7, 11) is -4.00. The highest BCUT2D eigenvalue weighted by Gasteiger charge is 2.35. The van der Waals surface area contributed by atoms with Crippen LogP contribution in [0, 0.1) is 17.6 Å². The zero-order chi connectivity index (χ0) is 15.8. The maximum absolute atomic E-state index is 14.1. The number of aromatic carboxylic acids is 1. The summed E-state index contributed by atoms with van der Waals surface area (Å²) in [5, 5.41) is 8.07. The topological polar surface area (TPSA) is 71.4 Å². The quantitative estimate of drug-likeness (QED) is 0.870. The number of hydrogen-bond acceptors (Lipinski definition) is 3. The number of sulfone groups is 1. The standard InChI is InChI=1S/C14H16F2O4S/c1-8-3-2-4-9(7-8)21(19,20)11-6-5-10(15)12(13(11)16)14(17)18/h5-6,8-9H,2-4,7H2,1H3,(H,17,18). The Balaban J connectivity index is 2.50. The van der Waals surface area contributed by atoms with Gasteiger partial charge >= 0.3 is 5.97 Å². The predicted molar refractivity (Wildman–Crippen MR) is 71.9 cm³/mol. The Morgan fingerprint density at radius 3 is 2.52 bits per heavy atom. The third kappa shape index (κ3) is 2.92. The lowest BCUT2D eigenvalue weighted by molar-refractivity contribution is 0.0685. The van der Waals surface area contributed by atoms with E-state index in [0.29, 0.717) is 18.9 Å². The third-order valence-corrected chi connectivity index (χ3v) is 6.14. The highest BCUT2D eigenvalue weighted by molar-refractivity contribution is 7.92. The van der Waals surface area contributed by atoms with Crippen molar-refractivity contribution in [3.05, 3.63) is 29.3 Å². The minimum absolute atomic E-state index is 0.209. The van der Waals surface area contributed by atoms with Crippen molar-refractivity contribution in [2.75, 3.05) is 0 Å². The maximum atomic E-state index is 14.1. The van der Waals surface area contributed by atoms with Gasteiger partial charge in [0.15, 0.2) is 15.7 Å². The monoisotopic (exact) mass is 318 g/mol. The Labute approximate surface area is 121 Å². The van der Waals surface area contributed by atoms with Crippen LogP contribution < -0.4 is 0 Å². The fourth-order valence-corrected chi connectivity index (χ4v) is 4.82. The summed E-state index contributed by atoms with van der Waals surface area (Å²) in [4.78, 5) is 10.2. The van der Waals surface area contributed by atoms with Crippen molar-refractivity contribution in [1.82, 2.24) is 0 Å². The van der Waals surface area contributed by atoms with E-state index >= 15 is 0 Å². The first-order valence-electron chi connectivity index (χ1n) is 6.70. The van der Waals surface area contributed by atoms with Crippen LogP contribution in [0.15, 0.2) is 17.0 Å². The summed E-state index contributed by atoms with van der Waals surface area (Å²) < 4.78 is 52.5. The second kappa shape index (κ2) is 5.71. The van der Waals surface area contributed by atoms with Crippen LogP contribution in [0.3, 0.4) is 0 Å². The Hall–Kier alpha value is -1.50. The molecule has 1 aromatic rings. The lowest BCUT2D eigenvalue weighted by atomic mass is 9.91. The summed E-state index contributed by atoms with van der Waals surface area (Å²) >= 11 is 0. The van der Waals surface area contributed by atoms with Crippen LogP contribution in [-0.4, -0.2) is 24.7 Å². The second-order valence-electron chi connectivity index (χ2n) is 5.48. The first-order chi connectivity index (χ1) is 9.75. The largest absolute Gasteiger partial charge is 0.477 e. The highest BCUT2D eigenvalue weighted by atomic mass is 32.2. The Morgan fingerprint density at radius 2 is 1.95 bits per heavy atom. The van der Waals surface area contributed by atoms with Crippen LogP contribution >= 0.6 is 0 Å². The molecule has 4 nitrogen and oxygen atoms in total. The first-order valence-corrected chi connectivity index (χ1v) is 8.25. The van der Waals surface area contributed by atoms with E-state index in [9.17, 15) is 22.0 Å². The molecular formula is C14H16F2O4S. The van der Waals surface area contributed by atoms with Gasteiger partial charge in [-0.05, 0) is 30.9 Å². The molecule has 0 amide bonds. The van der Waals surface area contributed by atoms with Crippen molar-refractivity contribution < 1.29 is 27.1 Å². The lowest BCUT2D eigenvalue weighted by Crippen LogP contribution is -2.28. The smallest absolute Gasteiger partial charge is 0.341 e. The summed E-state index contributed by atoms with van der Waals surface area (Å²) in [5.41, 5.74) is -1.22. The zero-order valence-electron chi connectivity index (χ0n) is 11.5. The van der Waals surface area contributed by atoms with E-state index in [-0.39, 0.29) is 5.92 Å². The fourth-order valence-electron chi connectivity index (χ4n) is 2.79. The van der Waals surface area contributed by atoms with Crippen LogP contribution in [0.1, 0.15) is 43.0 Å². The average molecular weight is 318 g/mol. The number of carboxylic acids is 1. The van der Waals surface area contributed by atoms with Gasteiger partial charge in [0.2, 0.25) is 0 Å². The molecule has 0 saturated heterocycles. The van der Waals surface area contributed by atoms with E-state index in [1.54, 1.807) is 0 Å². The molecule has 2 atom stereocenters. The van der Waals surface area contributed by atoms with Gasteiger partial charge in [-0.2, -0.15) is 0 Å². The SMILES string of the molecule is CC1CCCC(S(=O)(=O)c2ccc(F)c(C(=O)O)c2F)C1. The van der Waals surface area contributed by atoms with Gasteiger partial charge in [0, 0.05) is 0 Å². The van der Waals surface area contributed by atoms with Gasteiger partial charge < -0.3 is 5.11 Å². The van der Waals surface area contributed by atoms with E-state index in [2.05, 4.69) is 0 Å². The average Bonchev–Trinajstić information content (AvgIpc) is 2.37. The van der Waals surface area contributed by atoms with E-state index in [1.165, 1.54) is 0 Å². The van der Waals surface area contributed by atoms with Crippen molar-refractivity contribution in [1.29, 1.82) is 0 Å². The van der Waals surface area contributed by atoms with Gasteiger partial charge in [-0.25, -0.2) is 22.0 Å². The molecule has 116 valence electrons. The molecule has 2 rings (SSSR count). The molecule has 0 heterocycles. The molecule has 1 aliphatic rings. The molecule has 21 heavy (non-hydrogen) atoms. The van der Waals surface area contributed by atoms with Crippen molar-refractivity contribution in [3.63, 3.8) is 0 Å². The van der Waals surface area contributed by atoms with Crippen molar-refractivity contribution in [3.8, 4) is 0 Å². The number of hydrogen-bond donors (Lipinski definition) is 1.